The molecule has 1 aliphatic heterocycles. The topological polar surface area (TPSA) is 46.5 Å². The number of ether oxygens (including phenoxy) is 1. The van der Waals surface area contributed by atoms with Crippen LogP contribution in [-0.2, 0) is 10.2 Å². The number of carbonyl (C=O) groups is 1. The molecular formula is C15H14ClF3O3. The van der Waals surface area contributed by atoms with E-state index in [1.165, 1.54) is 12.1 Å². The zero-order valence-corrected chi connectivity index (χ0v) is 12.8. The molecule has 0 spiro atoms. The predicted molar refractivity (Wildman–Crippen MR) is 76.2 cm³/mol. The number of hydrogen-bond donors (Lipinski definition) is 1. The molecule has 1 aliphatic rings. The molecule has 1 aromatic rings. The van der Waals surface area contributed by atoms with Gasteiger partial charge in [0.1, 0.15) is 5.75 Å². The van der Waals surface area contributed by atoms with Crippen LogP contribution in [0.4, 0.5) is 13.2 Å². The zero-order valence-electron chi connectivity index (χ0n) is 12.1. The lowest BCUT2D eigenvalue weighted by Crippen LogP contribution is -2.40. The van der Waals surface area contributed by atoms with Crippen LogP contribution >= 0.6 is 11.6 Å². The molecule has 3 nitrogen and oxygen atoms in total. The molecule has 0 saturated carbocycles. The molecule has 7 heteroatoms. The number of carboxylic acids is 1. The molecule has 0 saturated heterocycles. The van der Waals surface area contributed by atoms with Gasteiger partial charge in [-0.05, 0) is 29.2 Å². The van der Waals surface area contributed by atoms with Gasteiger partial charge in [0, 0.05) is 10.6 Å². The normalized spacial score (nSPS) is 18.3. The highest BCUT2D eigenvalue weighted by atomic mass is 35.5. The largest absolute Gasteiger partial charge is 0.478 e. The minimum Gasteiger partial charge on any atom is -0.478 e. The van der Waals surface area contributed by atoms with Crippen molar-refractivity contribution in [1.82, 2.24) is 0 Å². The molecule has 0 bridgehead atoms. The highest BCUT2D eigenvalue weighted by Gasteiger charge is 2.48. The highest BCUT2D eigenvalue weighted by Crippen LogP contribution is 2.41. The number of hydrogen-bond acceptors (Lipinski definition) is 2. The van der Waals surface area contributed by atoms with Crippen LogP contribution in [0.2, 0.25) is 5.02 Å². The van der Waals surface area contributed by atoms with E-state index in [-0.39, 0.29) is 16.7 Å². The van der Waals surface area contributed by atoms with Crippen LogP contribution in [-0.4, -0.2) is 23.4 Å². The first kappa shape index (κ1) is 16.7. The lowest BCUT2D eigenvalue weighted by Gasteiger charge is -2.29. The molecule has 1 aromatic carbocycles. The van der Waals surface area contributed by atoms with E-state index in [0.29, 0.717) is 10.6 Å². The van der Waals surface area contributed by atoms with Crippen LogP contribution in [0.15, 0.2) is 17.7 Å². The summed E-state index contributed by atoms with van der Waals surface area (Å²) in [5.41, 5.74) is -0.406. The van der Waals surface area contributed by atoms with Crippen molar-refractivity contribution in [3.8, 4) is 5.75 Å². The fourth-order valence-electron chi connectivity index (χ4n) is 2.21. The number of carboxylic acid groups (broad SMARTS) is 1. The highest BCUT2D eigenvalue weighted by molar-refractivity contribution is 6.31. The van der Waals surface area contributed by atoms with E-state index < -0.39 is 23.8 Å². The summed E-state index contributed by atoms with van der Waals surface area (Å²) >= 11 is 6.14. The quantitative estimate of drug-likeness (QED) is 0.826. The van der Waals surface area contributed by atoms with Gasteiger partial charge in [0.05, 0.1) is 5.57 Å². The van der Waals surface area contributed by atoms with Crippen molar-refractivity contribution >= 4 is 23.6 Å². The molecule has 0 fully saturated rings. The molecule has 0 radical (unpaired) electrons. The smallest absolute Gasteiger partial charge is 0.430 e. The Labute approximate surface area is 130 Å². The third-order valence-electron chi connectivity index (χ3n) is 3.29. The average molecular weight is 335 g/mol. The molecule has 1 atom stereocenters. The minimum absolute atomic E-state index is 0.0262. The molecular weight excluding hydrogens is 321 g/mol. The van der Waals surface area contributed by atoms with Crippen molar-refractivity contribution in [3.05, 3.63) is 33.9 Å². The molecule has 120 valence electrons. The van der Waals surface area contributed by atoms with Crippen molar-refractivity contribution in [2.24, 2.45) is 0 Å². The van der Waals surface area contributed by atoms with Gasteiger partial charge in [-0.1, -0.05) is 32.4 Å². The molecule has 0 unspecified atom stereocenters. The first-order valence-electron chi connectivity index (χ1n) is 6.43. The second-order valence-corrected chi connectivity index (χ2v) is 6.47. The molecule has 0 amide bonds. The monoisotopic (exact) mass is 334 g/mol. The van der Waals surface area contributed by atoms with Crippen molar-refractivity contribution < 1.29 is 27.8 Å². The van der Waals surface area contributed by atoms with E-state index in [4.69, 9.17) is 21.4 Å². The molecule has 22 heavy (non-hydrogen) atoms. The summed E-state index contributed by atoms with van der Waals surface area (Å²) in [5, 5.41) is 9.32. The van der Waals surface area contributed by atoms with E-state index in [2.05, 4.69) is 0 Å². The van der Waals surface area contributed by atoms with Crippen molar-refractivity contribution in [1.29, 1.82) is 0 Å². The maximum atomic E-state index is 13.0. The minimum atomic E-state index is -4.82. The number of rotatable bonds is 1. The third kappa shape index (κ3) is 3.06. The first-order valence-corrected chi connectivity index (χ1v) is 6.81. The van der Waals surface area contributed by atoms with Gasteiger partial charge in [-0.3, -0.25) is 0 Å². The summed E-state index contributed by atoms with van der Waals surface area (Å²) in [5.74, 6) is -1.70. The summed E-state index contributed by atoms with van der Waals surface area (Å²) < 4.78 is 43.9. The molecule has 1 N–H and O–H groups in total. The van der Waals surface area contributed by atoms with E-state index in [1.807, 2.05) is 20.8 Å². The number of aliphatic carboxylic acids is 1. The van der Waals surface area contributed by atoms with Crippen LogP contribution in [0.3, 0.4) is 0 Å². The Hall–Kier alpha value is -1.69. The lowest BCUT2D eigenvalue weighted by atomic mass is 9.85. The Balaban J connectivity index is 2.61. The Morgan fingerprint density at radius 2 is 1.86 bits per heavy atom. The van der Waals surface area contributed by atoms with Crippen molar-refractivity contribution in [2.75, 3.05) is 0 Å². The predicted octanol–water partition coefficient (Wildman–Crippen LogP) is 4.43. The molecule has 0 aliphatic carbocycles. The second kappa shape index (κ2) is 5.19. The SMILES string of the molecule is CC(C)(C)c1cc2c(cc1Cl)C=C(C(=O)O)[C@@H](C(F)(F)F)O2. The lowest BCUT2D eigenvalue weighted by molar-refractivity contribution is -0.187. The Morgan fingerprint density at radius 1 is 1.27 bits per heavy atom. The maximum Gasteiger partial charge on any atom is 0.430 e. The van der Waals surface area contributed by atoms with Gasteiger partial charge >= 0.3 is 12.1 Å². The van der Waals surface area contributed by atoms with Crippen molar-refractivity contribution in [3.63, 3.8) is 0 Å². The summed E-state index contributed by atoms with van der Waals surface area (Å²) in [6, 6.07) is 2.86. The van der Waals surface area contributed by atoms with Gasteiger partial charge in [0.25, 0.3) is 0 Å². The molecule has 1 heterocycles. The Morgan fingerprint density at radius 3 is 2.32 bits per heavy atom. The first-order chi connectivity index (χ1) is 9.91. The van der Waals surface area contributed by atoms with Crippen LogP contribution < -0.4 is 4.74 Å². The molecule has 2 rings (SSSR count). The zero-order chi connectivity index (χ0) is 16.9. The number of fused-ring (bicyclic) bond motifs is 1. The number of benzene rings is 1. The van der Waals surface area contributed by atoms with Crippen LogP contribution in [0.25, 0.3) is 6.08 Å². The second-order valence-electron chi connectivity index (χ2n) is 6.06. The van der Waals surface area contributed by atoms with E-state index in [1.54, 1.807) is 0 Å². The van der Waals surface area contributed by atoms with Gasteiger partial charge in [0.15, 0.2) is 0 Å². The van der Waals surface area contributed by atoms with Gasteiger partial charge in [0.2, 0.25) is 6.10 Å². The summed E-state index contributed by atoms with van der Waals surface area (Å²) in [6.07, 6.45) is -6.35. The summed E-state index contributed by atoms with van der Waals surface area (Å²) in [6.45, 7) is 5.59. The van der Waals surface area contributed by atoms with Gasteiger partial charge < -0.3 is 9.84 Å². The van der Waals surface area contributed by atoms with Crippen LogP contribution in [0.5, 0.6) is 5.75 Å². The summed E-state index contributed by atoms with van der Waals surface area (Å²) in [4.78, 5) is 11.1. The van der Waals surface area contributed by atoms with E-state index in [0.717, 1.165) is 6.08 Å². The van der Waals surface area contributed by atoms with E-state index in [9.17, 15) is 18.0 Å². The standard InChI is InChI=1S/C15H14ClF3O3/c1-14(2,3)9-6-11-7(5-10(9)16)4-8(13(20)21)12(22-11)15(17,18)19/h4-6,12H,1-3H3,(H,20,21)/t12-/m0/s1. The fraction of sp³-hybridized carbons (Fsp3) is 0.400. The van der Waals surface area contributed by atoms with Crippen LogP contribution in [0, 0.1) is 0 Å². The Kier molecular flexibility index (Phi) is 3.94. The van der Waals surface area contributed by atoms with Gasteiger partial charge in [-0.15, -0.1) is 0 Å². The van der Waals surface area contributed by atoms with Crippen LogP contribution in [0.1, 0.15) is 31.9 Å². The fourth-order valence-corrected chi connectivity index (χ4v) is 2.66. The third-order valence-corrected chi connectivity index (χ3v) is 3.60. The van der Waals surface area contributed by atoms with Gasteiger partial charge in [-0.25, -0.2) is 4.79 Å². The number of halogens is 4. The molecule has 0 aromatic heterocycles. The maximum absolute atomic E-state index is 13.0. The summed E-state index contributed by atoms with van der Waals surface area (Å²) in [7, 11) is 0. The average Bonchev–Trinajstić information content (AvgIpc) is 2.33. The van der Waals surface area contributed by atoms with Gasteiger partial charge in [-0.2, -0.15) is 13.2 Å². The van der Waals surface area contributed by atoms with Crippen molar-refractivity contribution in [2.45, 2.75) is 38.5 Å². The Bertz CT molecular complexity index is 657. The van der Waals surface area contributed by atoms with E-state index >= 15 is 0 Å². The number of alkyl halides is 3.